The van der Waals surface area contributed by atoms with Crippen molar-refractivity contribution in [2.75, 3.05) is 29.4 Å². The highest BCUT2D eigenvalue weighted by Gasteiger charge is 2.29. The smallest absolute Gasteiger partial charge is 0.322 e. The summed E-state index contributed by atoms with van der Waals surface area (Å²) in [6.45, 7) is 8.31. The molecule has 12 heteroatoms. The molecule has 0 saturated carbocycles. The van der Waals surface area contributed by atoms with Crippen LogP contribution in [-0.4, -0.2) is 54.0 Å². The summed E-state index contributed by atoms with van der Waals surface area (Å²) in [4.78, 5) is 26.6. The molecular formula is C32H33FN6O4S. The molecule has 0 aliphatic carbocycles. The van der Waals surface area contributed by atoms with Crippen molar-refractivity contribution < 1.29 is 22.4 Å². The van der Waals surface area contributed by atoms with Crippen LogP contribution in [0.15, 0.2) is 96.3 Å². The summed E-state index contributed by atoms with van der Waals surface area (Å²) < 4.78 is 43.1. The van der Waals surface area contributed by atoms with Crippen molar-refractivity contribution in [3.8, 4) is 11.3 Å². The number of halogens is 1. The largest absolute Gasteiger partial charge is 0.347 e. The van der Waals surface area contributed by atoms with Gasteiger partial charge in [0, 0.05) is 41.0 Å². The van der Waals surface area contributed by atoms with Crippen LogP contribution < -0.4 is 9.79 Å². The molecule has 2 heterocycles. The molecule has 5 rings (SSSR count). The molecule has 2 aromatic heterocycles. The SMILES string of the molecule is CCN(CC)CCCn1cc(-c2cc(Nc3ccc(N(OC=O)S(=O)(=O)c4ccccc4F)cc3)ncn2)c2ccccc21. The van der Waals surface area contributed by atoms with Crippen LogP contribution in [0.4, 0.5) is 21.6 Å². The molecule has 0 amide bonds. The standard InChI is InChI=1S/C32H33FN6O4S/c1-3-37(4-2)18-9-19-38-21-27(26-10-5-7-12-30(26)38)29-20-32(35-22-34-29)36-24-14-16-25(17-15-24)39(43-23-40)44(41,42)31-13-8-6-11-28(31)33/h5-8,10-17,20-23H,3-4,9,18-19H2,1-2H3,(H,34,35,36). The van der Waals surface area contributed by atoms with Crippen LogP contribution in [-0.2, 0) is 26.2 Å². The molecule has 0 bridgehead atoms. The number of fused-ring (bicyclic) bond motifs is 1. The number of sulfonamides is 1. The van der Waals surface area contributed by atoms with E-state index < -0.39 is 20.7 Å². The van der Waals surface area contributed by atoms with Gasteiger partial charge in [0.05, 0.1) is 11.4 Å². The van der Waals surface area contributed by atoms with E-state index in [0.717, 1.165) is 66.9 Å². The Morgan fingerprint density at radius 1 is 0.977 bits per heavy atom. The first-order valence-corrected chi connectivity index (χ1v) is 15.7. The fraction of sp³-hybridized carbons (Fsp3) is 0.219. The van der Waals surface area contributed by atoms with Gasteiger partial charge >= 0.3 is 6.47 Å². The number of benzene rings is 3. The van der Waals surface area contributed by atoms with Crippen LogP contribution in [0.1, 0.15) is 20.3 Å². The van der Waals surface area contributed by atoms with E-state index in [1.165, 1.54) is 30.6 Å². The second-order valence-electron chi connectivity index (χ2n) is 9.96. The van der Waals surface area contributed by atoms with Gasteiger partial charge in [-0.2, -0.15) is 8.42 Å². The monoisotopic (exact) mass is 616 g/mol. The Kier molecular flexibility index (Phi) is 9.51. The minimum absolute atomic E-state index is 0.00285. The predicted octanol–water partition coefficient (Wildman–Crippen LogP) is 6.00. The molecule has 0 radical (unpaired) electrons. The quantitative estimate of drug-likeness (QED) is 0.120. The highest BCUT2D eigenvalue weighted by molar-refractivity contribution is 7.92. The number of hydrogen-bond donors (Lipinski definition) is 1. The van der Waals surface area contributed by atoms with Crippen LogP contribution >= 0.6 is 0 Å². The molecule has 0 spiro atoms. The maximum atomic E-state index is 14.3. The topological polar surface area (TPSA) is 110 Å². The molecule has 0 fully saturated rings. The lowest BCUT2D eigenvalue weighted by Gasteiger charge is -2.21. The maximum absolute atomic E-state index is 14.3. The first-order chi connectivity index (χ1) is 21.3. The molecule has 0 saturated heterocycles. The Hall–Kier alpha value is -4.81. The normalized spacial score (nSPS) is 11.5. The molecule has 5 aromatic rings. The Balaban J connectivity index is 1.36. The van der Waals surface area contributed by atoms with E-state index in [4.69, 9.17) is 4.84 Å². The summed E-state index contributed by atoms with van der Waals surface area (Å²) in [5, 5.41) is 4.30. The highest BCUT2D eigenvalue weighted by atomic mass is 32.2. The molecule has 228 valence electrons. The second-order valence-corrected chi connectivity index (χ2v) is 11.7. The van der Waals surface area contributed by atoms with Gasteiger partial charge in [-0.25, -0.2) is 14.4 Å². The zero-order valence-corrected chi connectivity index (χ0v) is 25.2. The van der Waals surface area contributed by atoms with E-state index in [9.17, 15) is 17.6 Å². The number of nitrogens with one attached hydrogen (secondary N) is 1. The third kappa shape index (κ3) is 6.56. The summed E-state index contributed by atoms with van der Waals surface area (Å²) in [5.74, 6) is -0.436. The number of aryl methyl sites for hydroxylation is 1. The van der Waals surface area contributed by atoms with Crippen molar-refractivity contribution in [3.63, 3.8) is 0 Å². The molecule has 0 aliphatic rings. The van der Waals surface area contributed by atoms with Gasteiger partial charge in [-0.05, 0) is 68.5 Å². The fourth-order valence-corrected chi connectivity index (χ4v) is 6.36. The van der Waals surface area contributed by atoms with E-state index in [2.05, 4.69) is 56.9 Å². The van der Waals surface area contributed by atoms with E-state index in [1.54, 1.807) is 12.1 Å². The van der Waals surface area contributed by atoms with Gasteiger partial charge in [-0.3, -0.25) is 4.79 Å². The van der Waals surface area contributed by atoms with Crippen molar-refractivity contribution in [2.45, 2.75) is 31.7 Å². The molecule has 0 unspecified atom stereocenters. The first-order valence-electron chi connectivity index (χ1n) is 14.3. The number of hydrogen-bond acceptors (Lipinski definition) is 8. The van der Waals surface area contributed by atoms with E-state index in [1.807, 2.05) is 18.2 Å². The number of nitrogens with zero attached hydrogens (tertiary/aromatic N) is 5. The third-order valence-corrected chi connectivity index (χ3v) is 8.94. The molecule has 44 heavy (non-hydrogen) atoms. The third-order valence-electron chi connectivity index (χ3n) is 7.32. The molecule has 3 aromatic carbocycles. The van der Waals surface area contributed by atoms with Crippen LogP contribution in [0.5, 0.6) is 0 Å². The summed E-state index contributed by atoms with van der Waals surface area (Å²) in [6, 6.07) is 21.0. The Labute approximate surface area is 255 Å². The van der Waals surface area contributed by atoms with E-state index in [-0.39, 0.29) is 12.2 Å². The van der Waals surface area contributed by atoms with Crippen LogP contribution in [0.2, 0.25) is 0 Å². The van der Waals surface area contributed by atoms with Gasteiger partial charge < -0.3 is 19.6 Å². The van der Waals surface area contributed by atoms with Gasteiger partial charge in [0.15, 0.2) is 0 Å². The van der Waals surface area contributed by atoms with E-state index in [0.29, 0.717) is 16.0 Å². The van der Waals surface area contributed by atoms with Crippen LogP contribution in [0.25, 0.3) is 22.2 Å². The summed E-state index contributed by atoms with van der Waals surface area (Å²) in [5.41, 5.74) is 3.47. The van der Waals surface area contributed by atoms with Crippen molar-refractivity contribution in [1.29, 1.82) is 0 Å². The zero-order valence-electron chi connectivity index (χ0n) is 24.4. The highest BCUT2D eigenvalue weighted by Crippen LogP contribution is 2.32. The molecule has 0 atom stereocenters. The van der Waals surface area contributed by atoms with Crippen LogP contribution in [0, 0.1) is 5.82 Å². The number of carbonyl (C=O) groups is 1. The lowest BCUT2D eigenvalue weighted by atomic mass is 10.1. The van der Waals surface area contributed by atoms with Crippen molar-refractivity contribution >= 4 is 44.6 Å². The van der Waals surface area contributed by atoms with Crippen LogP contribution in [0.3, 0.4) is 0 Å². The van der Waals surface area contributed by atoms with Crippen molar-refractivity contribution in [2.24, 2.45) is 0 Å². The second kappa shape index (κ2) is 13.7. The summed E-state index contributed by atoms with van der Waals surface area (Å²) in [7, 11) is -4.52. The number of rotatable bonds is 14. The number of anilines is 3. The minimum atomic E-state index is -4.52. The average Bonchev–Trinajstić information content (AvgIpc) is 3.41. The average molecular weight is 617 g/mol. The fourth-order valence-electron chi connectivity index (χ4n) is 5.07. The lowest BCUT2D eigenvalue weighted by Crippen LogP contribution is -2.31. The van der Waals surface area contributed by atoms with Crippen molar-refractivity contribution in [1.82, 2.24) is 19.4 Å². The lowest BCUT2D eigenvalue weighted by molar-refractivity contribution is -0.128. The molecule has 0 aliphatic heterocycles. The van der Waals surface area contributed by atoms with Gasteiger partial charge in [0.1, 0.15) is 22.9 Å². The predicted molar refractivity (Wildman–Crippen MR) is 168 cm³/mol. The van der Waals surface area contributed by atoms with Gasteiger partial charge in [0.25, 0.3) is 10.0 Å². The molecule has 1 N–H and O–H groups in total. The minimum Gasteiger partial charge on any atom is -0.347 e. The number of aromatic nitrogens is 3. The van der Waals surface area contributed by atoms with Gasteiger partial charge in [-0.15, -0.1) is 0 Å². The van der Waals surface area contributed by atoms with Crippen molar-refractivity contribution in [3.05, 3.63) is 97.2 Å². The molecule has 10 nitrogen and oxygen atoms in total. The summed E-state index contributed by atoms with van der Waals surface area (Å²) >= 11 is 0. The van der Waals surface area contributed by atoms with Gasteiger partial charge in [0.2, 0.25) is 0 Å². The number of para-hydroxylation sites is 1. The van der Waals surface area contributed by atoms with E-state index >= 15 is 0 Å². The number of carbonyl (C=O) groups excluding carboxylic acids is 1. The first kappa shape index (κ1) is 30.6. The Bertz CT molecular complexity index is 1840. The Morgan fingerprint density at radius 2 is 1.70 bits per heavy atom. The van der Waals surface area contributed by atoms with Gasteiger partial charge in [-0.1, -0.05) is 48.6 Å². The summed E-state index contributed by atoms with van der Waals surface area (Å²) in [6.07, 6.45) is 4.65. The maximum Gasteiger partial charge on any atom is 0.322 e. The zero-order chi connectivity index (χ0) is 31.1. The Morgan fingerprint density at radius 3 is 2.43 bits per heavy atom. The molecular weight excluding hydrogens is 583 g/mol.